The van der Waals surface area contributed by atoms with E-state index in [0.29, 0.717) is 19.7 Å². The average molecular weight is 356 g/mol. The number of aryl methyl sites for hydroxylation is 1. The highest BCUT2D eigenvalue weighted by Crippen LogP contribution is 2.30. The van der Waals surface area contributed by atoms with Crippen LogP contribution in [0.1, 0.15) is 11.1 Å². The van der Waals surface area contributed by atoms with E-state index < -0.39 is 0 Å². The quantitative estimate of drug-likeness (QED) is 0.795. The van der Waals surface area contributed by atoms with E-state index in [1.807, 2.05) is 49.4 Å². The van der Waals surface area contributed by atoms with E-state index in [0.717, 1.165) is 28.4 Å². The molecule has 1 atom stereocenters. The van der Waals surface area contributed by atoms with Crippen molar-refractivity contribution in [3.63, 3.8) is 0 Å². The maximum Gasteiger partial charge on any atom is 0.234 e. The van der Waals surface area contributed by atoms with Gasteiger partial charge in [0, 0.05) is 18.7 Å². The van der Waals surface area contributed by atoms with Crippen LogP contribution in [0.2, 0.25) is 0 Å². The minimum absolute atomic E-state index is 0.0764. The number of carbonyl (C=O) groups excluding carboxylic acids is 1. The van der Waals surface area contributed by atoms with E-state index >= 15 is 0 Å². The summed E-state index contributed by atoms with van der Waals surface area (Å²) in [6, 6.07) is 13.4. The van der Waals surface area contributed by atoms with Gasteiger partial charge >= 0.3 is 0 Å². The summed E-state index contributed by atoms with van der Waals surface area (Å²) < 4.78 is 16.9. The third-order valence-electron chi connectivity index (χ3n) is 4.27. The van der Waals surface area contributed by atoms with Gasteiger partial charge in [-0.2, -0.15) is 0 Å². The highest BCUT2D eigenvalue weighted by molar-refractivity contribution is 5.78. The third kappa shape index (κ3) is 4.46. The van der Waals surface area contributed by atoms with Crippen molar-refractivity contribution >= 4 is 5.91 Å². The lowest BCUT2D eigenvalue weighted by molar-refractivity contribution is -0.120. The molecule has 0 saturated carbocycles. The Kier molecular flexibility index (Phi) is 5.96. The zero-order valence-electron chi connectivity index (χ0n) is 15.1. The van der Waals surface area contributed by atoms with Crippen LogP contribution >= 0.6 is 0 Å². The van der Waals surface area contributed by atoms with Gasteiger partial charge in [-0.3, -0.25) is 4.79 Å². The van der Waals surface area contributed by atoms with Gasteiger partial charge in [0.15, 0.2) is 11.5 Å². The van der Waals surface area contributed by atoms with Gasteiger partial charge in [-0.1, -0.05) is 24.3 Å². The highest BCUT2D eigenvalue weighted by atomic mass is 16.6. The summed E-state index contributed by atoms with van der Waals surface area (Å²) in [6.45, 7) is 3.66. The van der Waals surface area contributed by atoms with E-state index in [-0.39, 0.29) is 18.6 Å². The van der Waals surface area contributed by atoms with Crippen LogP contribution in [0, 0.1) is 6.92 Å². The molecule has 26 heavy (non-hydrogen) atoms. The number of methoxy groups -OCH3 is 1. The Balaban J connectivity index is 1.41. The summed E-state index contributed by atoms with van der Waals surface area (Å²) in [5, 5.41) is 6.03. The first kappa shape index (κ1) is 18.1. The largest absolute Gasteiger partial charge is 0.496 e. The van der Waals surface area contributed by atoms with Gasteiger partial charge in [0.1, 0.15) is 18.5 Å². The molecule has 6 nitrogen and oxygen atoms in total. The van der Waals surface area contributed by atoms with E-state index in [1.165, 1.54) is 0 Å². The zero-order valence-corrected chi connectivity index (χ0v) is 15.1. The van der Waals surface area contributed by atoms with Crippen molar-refractivity contribution < 1.29 is 19.0 Å². The number of ether oxygens (including phenoxy) is 3. The summed E-state index contributed by atoms with van der Waals surface area (Å²) in [5.41, 5.74) is 2.08. The smallest absolute Gasteiger partial charge is 0.234 e. The van der Waals surface area contributed by atoms with Crippen molar-refractivity contribution in [2.75, 3.05) is 26.8 Å². The molecule has 0 spiro atoms. The Hall–Kier alpha value is -2.73. The lowest BCUT2D eigenvalue weighted by atomic mass is 10.1. The first-order chi connectivity index (χ1) is 12.7. The number of amides is 1. The maximum absolute atomic E-state index is 12.1. The Labute approximate surface area is 153 Å². The van der Waals surface area contributed by atoms with Gasteiger partial charge in [0.05, 0.1) is 13.7 Å². The number of benzene rings is 2. The molecule has 6 heteroatoms. The third-order valence-corrected chi connectivity index (χ3v) is 4.27. The van der Waals surface area contributed by atoms with Crippen molar-refractivity contribution in [3.8, 4) is 17.2 Å². The fourth-order valence-corrected chi connectivity index (χ4v) is 2.85. The topological polar surface area (TPSA) is 68.8 Å². The van der Waals surface area contributed by atoms with Gasteiger partial charge in [-0.15, -0.1) is 0 Å². The minimum Gasteiger partial charge on any atom is -0.496 e. The highest BCUT2D eigenvalue weighted by Gasteiger charge is 2.20. The van der Waals surface area contributed by atoms with Crippen LogP contribution < -0.4 is 24.8 Å². The van der Waals surface area contributed by atoms with Gasteiger partial charge in [-0.25, -0.2) is 0 Å². The normalized spacial score (nSPS) is 15.4. The molecule has 3 rings (SSSR count). The van der Waals surface area contributed by atoms with Crippen molar-refractivity contribution in [1.29, 1.82) is 0 Å². The number of fused-ring (bicyclic) bond motifs is 1. The fraction of sp³-hybridized carbons (Fsp3) is 0.350. The van der Waals surface area contributed by atoms with Crippen LogP contribution in [0.5, 0.6) is 17.2 Å². The van der Waals surface area contributed by atoms with Crippen molar-refractivity contribution in [2.45, 2.75) is 19.6 Å². The summed E-state index contributed by atoms with van der Waals surface area (Å²) in [4.78, 5) is 12.1. The average Bonchev–Trinajstić information content (AvgIpc) is 2.66. The molecule has 0 fully saturated rings. The monoisotopic (exact) mass is 356 g/mol. The number of hydrogen-bond donors (Lipinski definition) is 2. The van der Waals surface area contributed by atoms with Crippen LogP contribution in [0.25, 0.3) is 0 Å². The van der Waals surface area contributed by atoms with Crippen molar-refractivity contribution in [2.24, 2.45) is 0 Å². The molecule has 1 unspecified atom stereocenters. The summed E-state index contributed by atoms with van der Waals surface area (Å²) in [6.07, 6.45) is -0.117. The Morgan fingerprint density at radius 1 is 1.19 bits per heavy atom. The second kappa shape index (κ2) is 8.58. The first-order valence-corrected chi connectivity index (χ1v) is 8.65. The molecule has 1 amide bonds. The standard InChI is InChI=1S/C20H24N2O4/c1-14-6-5-9-17(24-2)16(14)11-22-20(23)12-21-10-15-13-25-18-7-3-4-8-19(18)26-15/h3-9,15,21H,10-13H2,1-2H3,(H,22,23). The van der Waals surface area contributed by atoms with Gasteiger partial charge in [-0.05, 0) is 30.7 Å². The molecule has 0 aromatic heterocycles. The molecule has 0 aliphatic carbocycles. The molecule has 0 saturated heterocycles. The molecule has 138 valence electrons. The number of nitrogens with one attached hydrogen (secondary N) is 2. The van der Waals surface area contributed by atoms with Crippen LogP contribution in [-0.4, -0.2) is 38.8 Å². The minimum atomic E-state index is -0.117. The summed E-state index contributed by atoms with van der Waals surface area (Å²) in [7, 11) is 1.63. The number of carbonyl (C=O) groups is 1. The van der Waals surface area contributed by atoms with Crippen LogP contribution in [0.3, 0.4) is 0 Å². The van der Waals surface area contributed by atoms with Gasteiger partial charge in [0.2, 0.25) is 5.91 Å². The Morgan fingerprint density at radius 3 is 2.81 bits per heavy atom. The molecular formula is C20H24N2O4. The molecule has 0 bridgehead atoms. The van der Waals surface area contributed by atoms with Crippen molar-refractivity contribution in [3.05, 3.63) is 53.6 Å². The lowest BCUT2D eigenvalue weighted by Gasteiger charge is -2.26. The van der Waals surface area contributed by atoms with Gasteiger partial charge in [0.25, 0.3) is 0 Å². The molecule has 2 N–H and O–H groups in total. The second-order valence-corrected chi connectivity index (χ2v) is 6.16. The molecule has 1 heterocycles. The zero-order chi connectivity index (χ0) is 18.4. The maximum atomic E-state index is 12.1. The van der Waals surface area contributed by atoms with E-state index in [1.54, 1.807) is 7.11 Å². The number of hydrogen-bond acceptors (Lipinski definition) is 5. The lowest BCUT2D eigenvalue weighted by Crippen LogP contribution is -2.42. The summed E-state index contributed by atoms with van der Waals surface area (Å²) in [5.74, 6) is 2.20. The molecule has 2 aromatic carbocycles. The van der Waals surface area contributed by atoms with Gasteiger partial charge < -0.3 is 24.8 Å². The van der Waals surface area contributed by atoms with E-state index in [4.69, 9.17) is 14.2 Å². The van der Waals surface area contributed by atoms with Crippen molar-refractivity contribution in [1.82, 2.24) is 10.6 Å². The SMILES string of the molecule is COc1cccc(C)c1CNC(=O)CNCC1COc2ccccc2O1. The first-order valence-electron chi connectivity index (χ1n) is 8.65. The molecule has 1 aliphatic rings. The number of rotatable bonds is 7. The Morgan fingerprint density at radius 2 is 2.00 bits per heavy atom. The predicted octanol–water partition coefficient (Wildman–Crippen LogP) is 2.05. The molecule has 2 aromatic rings. The molecule has 0 radical (unpaired) electrons. The van der Waals surface area contributed by atoms with Crippen LogP contribution in [0.4, 0.5) is 0 Å². The molecular weight excluding hydrogens is 332 g/mol. The Bertz CT molecular complexity index is 763. The number of para-hydroxylation sites is 2. The van der Waals surface area contributed by atoms with E-state index in [9.17, 15) is 4.79 Å². The van der Waals surface area contributed by atoms with E-state index in [2.05, 4.69) is 10.6 Å². The fourth-order valence-electron chi connectivity index (χ4n) is 2.85. The second-order valence-electron chi connectivity index (χ2n) is 6.16. The van der Waals surface area contributed by atoms with Crippen LogP contribution in [0.15, 0.2) is 42.5 Å². The summed E-state index contributed by atoms with van der Waals surface area (Å²) >= 11 is 0. The predicted molar refractivity (Wildman–Crippen MR) is 98.8 cm³/mol. The van der Waals surface area contributed by atoms with Crippen LogP contribution in [-0.2, 0) is 11.3 Å². The molecule has 1 aliphatic heterocycles.